The summed E-state index contributed by atoms with van der Waals surface area (Å²) in [7, 11) is 0. The van der Waals surface area contributed by atoms with Crippen LogP contribution in [0.15, 0.2) is 54.6 Å². The Morgan fingerprint density at radius 3 is 2.29 bits per heavy atom. The van der Waals surface area contributed by atoms with Crippen molar-refractivity contribution in [2.45, 2.75) is 38.6 Å². The third kappa shape index (κ3) is 3.85. The number of hydrogen-bond acceptors (Lipinski definition) is 2. The molecular weight excluding hydrogens is 258 g/mol. The van der Waals surface area contributed by atoms with Gasteiger partial charge in [-0.2, -0.15) is 0 Å². The average Bonchev–Trinajstić information content (AvgIpc) is 2.55. The molecule has 2 aromatic rings. The lowest BCUT2D eigenvalue weighted by atomic mass is 9.85. The van der Waals surface area contributed by atoms with E-state index in [0.717, 1.165) is 30.8 Å². The minimum atomic E-state index is -0.0505. The summed E-state index contributed by atoms with van der Waals surface area (Å²) in [5.74, 6) is 1.22. The molecule has 2 aromatic carbocycles. The average molecular weight is 283 g/mol. The first-order valence-electron chi connectivity index (χ1n) is 7.80. The monoisotopic (exact) mass is 283 g/mol. The summed E-state index contributed by atoms with van der Waals surface area (Å²) in [4.78, 5) is 0. The van der Waals surface area contributed by atoms with Gasteiger partial charge in [-0.3, -0.25) is 0 Å². The Hall–Kier alpha value is -1.80. The summed E-state index contributed by atoms with van der Waals surface area (Å²) in [5.41, 5.74) is 8.96. The zero-order valence-electron chi connectivity index (χ0n) is 13.0. The fourth-order valence-electron chi connectivity index (χ4n) is 2.71. The fourth-order valence-corrected chi connectivity index (χ4v) is 2.71. The van der Waals surface area contributed by atoms with Gasteiger partial charge in [-0.05, 0) is 24.5 Å². The normalized spacial score (nSPS) is 13.7. The summed E-state index contributed by atoms with van der Waals surface area (Å²) in [6.45, 7) is 5.03. The molecule has 0 heterocycles. The van der Waals surface area contributed by atoms with E-state index in [4.69, 9.17) is 10.5 Å². The van der Waals surface area contributed by atoms with E-state index in [0.29, 0.717) is 5.92 Å². The van der Waals surface area contributed by atoms with Gasteiger partial charge in [0.15, 0.2) is 0 Å². The van der Waals surface area contributed by atoms with Crippen LogP contribution < -0.4 is 10.5 Å². The molecule has 2 heteroatoms. The summed E-state index contributed by atoms with van der Waals surface area (Å²) in [6, 6.07) is 18.6. The van der Waals surface area contributed by atoms with E-state index in [9.17, 15) is 0 Å². The predicted octanol–water partition coefficient (Wildman–Crippen LogP) is 4.67. The Kier molecular flexibility index (Phi) is 5.82. The maximum Gasteiger partial charge on any atom is 0.124 e. The summed E-state index contributed by atoms with van der Waals surface area (Å²) < 4.78 is 5.86. The van der Waals surface area contributed by atoms with E-state index in [2.05, 4.69) is 44.2 Å². The number of para-hydroxylation sites is 1. The first-order valence-corrected chi connectivity index (χ1v) is 7.80. The van der Waals surface area contributed by atoms with Gasteiger partial charge in [0.2, 0.25) is 0 Å². The second-order valence-corrected chi connectivity index (χ2v) is 5.34. The van der Waals surface area contributed by atoms with Crippen molar-refractivity contribution >= 4 is 0 Å². The summed E-state index contributed by atoms with van der Waals surface area (Å²) in [6.07, 6.45) is 2.01. The van der Waals surface area contributed by atoms with Crippen molar-refractivity contribution in [3.05, 3.63) is 65.7 Å². The zero-order valence-corrected chi connectivity index (χ0v) is 13.0. The lowest BCUT2D eigenvalue weighted by Crippen LogP contribution is -2.20. The van der Waals surface area contributed by atoms with Crippen molar-refractivity contribution in [1.29, 1.82) is 0 Å². The first kappa shape index (κ1) is 15.6. The Labute approximate surface area is 127 Å². The highest BCUT2D eigenvalue weighted by Gasteiger charge is 2.22. The van der Waals surface area contributed by atoms with Crippen LogP contribution in [0.1, 0.15) is 49.8 Å². The molecule has 21 heavy (non-hydrogen) atoms. The second kappa shape index (κ2) is 7.84. The van der Waals surface area contributed by atoms with Crippen molar-refractivity contribution in [2.24, 2.45) is 5.73 Å². The zero-order chi connectivity index (χ0) is 15.1. The molecule has 0 radical (unpaired) electrons. The van der Waals surface area contributed by atoms with Gasteiger partial charge in [-0.15, -0.1) is 0 Å². The number of benzene rings is 2. The molecule has 112 valence electrons. The highest BCUT2D eigenvalue weighted by atomic mass is 16.5. The van der Waals surface area contributed by atoms with Crippen molar-refractivity contribution in [3.8, 4) is 5.75 Å². The van der Waals surface area contributed by atoms with Crippen LogP contribution in [0.3, 0.4) is 0 Å². The molecule has 2 N–H and O–H groups in total. The highest BCUT2D eigenvalue weighted by molar-refractivity contribution is 5.38. The molecule has 0 aliphatic carbocycles. The largest absolute Gasteiger partial charge is 0.493 e. The van der Waals surface area contributed by atoms with Gasteiger partial charge in [0.25, 0.3) is 0 Å². The second-order valence-electron chi connectivity index (χ2n) is 5.34. The van der Waals surface area contributed by atoms with Crippen molar-refractivity contribution in [1.82, 2.24) is 0 Å². The van der Waals surface area contributed by atoms with Crippen LogP contribution in [0.5, 0.6) is 5.75 Å². The maximum atomic E-state index is 6.57. The summed E-state index contributed by atoms with van der Waals surface area (Å²) >= 11 is 0. The maximum absolute atomic E-state index is 6.57. The van der Waals surface area contributed by atoms with Gasteiger partial charge >= 0.3 is 0 Å². The third-order valence-corrected chi connectivity index (χ3v) is 3.84. The molecule has 0 saturated heterocycles. The van der Waals surface area contributed by atoms with Gasteiger partial charge in [-0.1, -0.05) is 62.4 Å². The number of rotatable bonds is 7. The quantitative estimate of drug-likeness (QED) is 0.801. The van der Waals surface area contributed by atoms with E-state index in [1.54, 1.807) is 0 Å². The molecule has 0 fully saturated rings. The van der Waals surface area contributed by atoms with E-state index in [1.807, 2.05) is 24.3 Å². The molecule has 0 saturated carbocycles. The van der Waals surface area contributed by atoms with Crippen LogP contribution in [-0.2, 0) is 0 Å². The van der Waals surface area contributed by atoms with Crippen LogP contribution in [0.4, 0.5) is 0 Å². The van der Waals surface area contributed by atoms with E-state index in [1.165, 1.54) is 5.56 Å². The molecule has 0 aliphatic heterocycles. The number of ether oxygens (including phenoxy) is 1. The van der Waals surface area contributed by atoms with Crippen molar-refractivity contribution in [3.63, 3.8) is 0 Å². The Balaban J connectivity index is 2.27. The fraction of sp³-hybridized carbons (Fsp3) is 0.368. The molecule has 2 unspecified atom stereocenters. The third-order valence-electron chi connectivity index (χ3n) is 3.84. The Morgan fingerprint density at radius 2 is 1.62 bits per heavy atom. The van der Waals surface area contributed by atoms with E-state index in [-0.39, 0.29) is 6.04 Å². The molecule has 2 atom stereocenters. The van der Waals surface area contributed by atoms with Crippen LogP contribution in [0.2, 0.25) is 0 Å². The van der Waals surface area contributed by atoms with E-state index >= 15 is 0 Å². The molecule has 0 aromatic heterocycles. The molecule has 0 bridgehead atoms. The molecule has 2 nitrogen and oxygen atoms in total. The lowest BCUT2D eigenvalue weighted by Gasteiger charge is -2.25. The lowest BCUT2D eigenvalue weighted by molar-refractivity contribution is 0.310. The van der Waals surface area contributed by atoms with Gasteiger partial charge in [0.1, 0.15) is 5.75 Å². The van der Waals surface area contributed by atoms with Gasteiger partial charge in [0.05, 0.1) is 6.61 Å². The smallest absolute Gasteiger partial charge is 0.124 e. The molecule has 2 rings (SSSR count). The van der Waals surface area contributed by atoms with Crippen molar-refractivity contribution < 1.29 is 4.74 Å². The van der Waals surface area contributed by atoms with Gasteiger partial charge < -0.3 is 10.5 Å². The number of hydrogen-bond donors (Lipinski definition) is 1. The SMILES string of the molecule is CCCOc1ccccc1C(N)C(CC)c1ccccc1. The summed E-state index contributed by atoms with van der Waals surface area (Å²) in [5, 5.41) is 0. The van der Waals surface area contributed by atoms with Crippen LogP contribution in [0, 0.1) is 0 Å². The number of nitrogens with two attached hydrogens (primary N) is 1. The molecule has 0 amide bonds. The standard InChI is InChI=1S/C19H25NO/c1-3-14-21-18-13-9-8-12-17(18)19(20)16(4-2)15-10-6-5-7-11-15/h5-13,16,19H,3-4,14,20H2,1-2H3. The van der Waals surface area contributed by atoms with Gasteiger partial charge in [-0.25, -0.2) is 0 Å². The van der Waals surface area contributed by atoms with Gasteiger partial charge in [0, 0.05) is 17.5 Å². The Morgan fingerprint density at radius 1 is 0.952 bits per heavy atom. The topological polar surface area (TPSA) is 35.2 Å². The predicted molar refractivity (Wildman–Crippen MR) is 88.6 cm³/mol. The molecule has 0 aliphatic rings. The molecule has 0 spiro atoms. The highest BCUT2D eigenvalue weighted by Crippen LogP contribution is 2.35. The van der Waals surface area contributed by atoms with E-state index < -0.39 is 0 Å². The Bertz CT molecular complexity index is 538. The van der Waals surface area contributed by atoms with Crippen LogP contribution in [0.25, 0.3) is 0 Å². The minimum absolute atomic E-state index is 0.0505. The minimum Gasteiger partial charge on any atom is -0.493 e. The van der Waals surface area contributed by atoms with Crippen LogP contribution >= 0.6 is 0 Å². The van der Waals surface area contributed by atoms with Crippen molar-refractivity contribution in [2.75, 3.05) is 6.61 Å². The first-order chi connectivity index (χ1) is 10.3. The molecular formula is C19H25NO. The van der Waals surface area contributed by atoms with Crippen LogP contribution in [-0.4, -0.2) is 6.61 Å².